The van der Waals surface area contributed by atoms with E-state index in [1.807, 2.05) is 49.4 Å². The van der Waals surface area contributed by atoms with Crippen LogP contribution in [0.4, 0.5) is 5.82 Å². The minimum atomic E-state index is 0.352. The number of H-pyrrole nitrogens is 1. The molecule has 4 N–H and O–H groups in total. The lowest BCUT2D eigenvalue weighted by Gasteiger charge is -2.07. The van der Waals surface area contributed by atoms with Gasteiger partial charge in [0.05, 0.1) is 5.69 Å². The molecular formula is C17H17N3O. The maximum atomic E-state index is 9.75. The Bertz CT molecular complexity index is 760. The number of rotatable bonds is 3. The Morgan fingerprint density at radius 2 is 1.67 bits per heavy atom. The van der Waals surface area contributed by atoms with Gasteiger partial charge in [0.25, 0.3) is 0 Å². The number of nitrogens with two attached hydrogens (primary N) is 1. The van der Waals surface area contributed by atoms with Crippen molar-refractivity contribution in [3.63, 3.8) is 0 Å². The van der Waals surface area contributed by atoms with Gasteiger partial charge in [0.15, 0.2) is 0 Å². The molecule has 0 fully saturated rings. The number of aryl methyl sites for hydroxylation is 1. The van der Waals surface area contributed by atoms with E-state index in [2.05, 4.69) is 10.2 Å². The van der Waals surface area contributed by atoms with Crippen molar-refractivity contribution < 1.29 is 5.11 Å². The first-order valence-electron chi connectivity index (χ1n) is 6.91. The highest BCUT2D eigenvalue weighted by Crippen LogP contribution is 2.28. The second-order valence-corrected chi connectivity index (χ2v) is 4.98. The molecule has 0 spiro atoms. The Kier molecular flexibility index (Phi) is 3.36. The van der Waals surface area contributed by atoms with Crippen molar-refractivity contribution in [3.8, 4) is 28.1 Å². The number of aromatic nitrogens is 2. The van der Waals surface area contributed by atoms with Crippen LogP contribution in [0.1, 0.15) is 12.5 Å². The third kappa shape index (κ3) is 2.60. The van der Waals surface area contributed by atoms with E-state index < -0.39 is 0 Å². The molecule has 0 saturated heterocycles. The number of hydrogen-bond donors (Lipinski definition) is 3. The van der Waals surface area contributed by atoms with E-state index >= 15 is 0 Å². The average molecular weight is 279 g/mol. The second-order valence-electron chi connectivity index (χ2n) is 4.98. The number of aromatic amines is 1. The van der Waals surface area contributed by atoms with Crippen molar-refractivity contribution in [1.29, 1.82) is 0 Å². The van der Waals surface area contributed by atoms with E-state index in [1.165, 1.54) is 0 Å². The van der Waals surface area contributed by atoms with Gasteiger partial charge in [0.2, 0.25) is 0 Å². The number of anilines is 1. The lowest BCUT2D eigenvalue weighted by atomic mass is 9.99. The summed E-state index contributed by atoms with van der Waals surface area (Å²) in [5, 5.41) is 16.6. The molecule has 1 heterocycles. The summed E-state index contributed by atoms with van der Waals surface area (Å²) in [6.07, 6.45) is 0.810. The van der Waals surface area contributed by atoms with Crippen molar-refractivity contribution in [2.45, 2.75) is 13.3 Å². The maximum Gasteiger partial charge on any atom is 0.119 e. The van der Waals surface area contributed by atoms with Gasteiger partial charge in [-0.3, -0.25) is 5.10 Å². The standard InChI is InChI=1S/C17H17N3O/c1-2-11-9-14(7-8-16(11)21)12-3-5-13(6-4-12)15-10-17(18)20-19-15/h3-10,21H,2H2,1H3,(H3,18,19,20). The smallest absolute Gasteiger partial charge is 0.119 e. The minimum absolute atomic E-state index is 0.352. The summed E-state index contributed by atoms with van der Waals surface area (Å²) in [4.78, 5) is 0. The maximum absolute atomic E-state index is 9.75. The van der Waals surface area contributed by atoms with Gasteiger partial charge in [-0.2, -0.15) is 5.10 Å². The van der Waals surface area contributed by atoms with E-state index in [0.29, 0.717) is 11.6 Å². The number of nitrogen functional groups attached to an aromatic ring is 1. The Morgan fingerprint density at radius 3 is 2.29 bits per heavy atom. The molecular weight excluding hydrogens is 262 g/mol. The summed E-state index contributed by atoms with van der Waals surface area (Å²) in [6, 6.07) is 15.6. The molecule has 0 radical (unpaired) electrons. The topological polar surface area (TPSA) is 74.9 Å². The van der Waals surface area contributed by atoms with Gasteiger partial charge in [-0.15, -0.1) is 0 Å². The minimum Gasteiger partial charge on any atom is -0.508 e. The fourth-order valence-electron chi connectivity index (χ4n) is 2.37. The number of phenolic OH excluding ortho intramolecular Hbond substituents is 1. The van der Waals surface area contributed by atoms with Crippen molar-refractivity contribution in [3.05, 3.63) is 54.1 Å². The molecule has 4 nitrogen and oxygen atoms in total. The molecule has 0 amide bonds. The number of aromatic hydroxyl groups is 1. The molecule has 0 atom stereocenters. The van der Waals surface area contributed by atoms with Crippen LogP contribution in [0.3, 0.4) is 0 Å². The van der Waals surface area contributed by atoms with Crippen LogP contribution in [0.15, 0.2) is 48.5 Å². The fraction of sp³-hybridized carbons (Fsp3) is 0.118. The van der Waals surface area contributed by atoms with E-state index in [-0.39, 0.29) is 0 Å². The van der Waals surface area contributed by atoms with Crippen LogP contribution in [-0.2, 0) is 6.42 Å². The molecule has 0 aliphatic carbocycles. The summed E-state index contributed by atoms with van der Waals surface area (Å²) in [7, 11) is 0. The summed E-state index contributed by atoms with van der Waals surface area (Å²) < 4.78 is 0. The van der Waals surface area contributed by atoms with Crippen LogP contribution in [0.5, 0.6) is 5.75 Å². The van der Waals surface area contributed by atoms with Gasteiger partial charge < -0.3 is 10.8 Å². The quantitative estimate of drug-likeness (QED) is 0.685. The van der Waals surface area contributed by atoms with E-state index in [1.54, 1.807) is 6.07 Å². The van der Waals surface area contributed by atoms with E-state index in [0.717, 1.165) is 34.4 Å². The Labute approximate surface area is 123 Å². The zero-order valence-electron chi connectivity index (χ0n) is 11.8. The number of nitrogens with one attached hydrogen (secondary N) is 1. The molecule has 106 valence electrons. The van der Waals surface area contributed by atoms with Crippen molar-refractivity contribution in [2.24, 2.45) is 0 Å². The molecule has 3 aromatic rings. The number of hydrogen-bond acceptors (Lipinski definition) is 3. The highest BCUT2D eigenvalue weighted by atomic mass is 16.3. The molecule has 0 aliphatic rings. The lowest BCUT2D eigenvalue weighted by molar-refractivity contribution is 0.469. The van der Waals surface area contributed by atoms with Crippen LogP contribution in [0, 0.1) is 0 Å². The van der Waals surface area contributed by atoms with E-state index in [9.17, 15) is 5.11 Å². The summed E-state index contributed by atoms with van der Waals surface area (Å²) >= 11 is 0. The SMILES string of the molecule is CCc1cc(-c2ccc(-c3cc(N)[nH]n3)cc2)ccc1O. The number of phenols is 1. The molecule has 3 rings (SSSR count). The van der Waals surface area contributed by atoms with Crippen LogP contribution in [0.2, 0.25) is 0 Å². The third-order valence-corrected chi connectivity index (χ3v) is 3.57. The fourth-order valence-corrected chi connectivity index (χ4v) is 2.37. The second kappa shape index (κ2) is 5.32. The molecule has 1 aromatic heterocycles. The molecule has 0 saturated carbocycles. The Hall–Kier alpha value is -2.75. The zero-order valence-corrected chi connectivity index (χ0v) is 11.8. The van der Waals surface area contributed by atoms with Crippen LogP contribution in [0.25, 0.3) is 22.4 Å². The lowest BCUT2D eigenvalue weighted by Crippen LogP contribution is -1.85. The summed E-state index contributed by atoms with van der Waals surface area (Å²) in [5.41, 5.74) is 10.6. The number of benzene rings is 2. The first-order chi connectivity index (χ1) is 10.2. The Morgan fingerprint density at radius 1 is 1.00 bits per heavy atom. The van der Waals surface area contributed by atoms with Gasteiger partial charge in [0.1, 0.15) is 11.6 Å². The molecule has 4 heteroatoms. The summed E-state index contributed by atoms with van der Waals surface area (Å²) in [5.74, 6) is 0.907. The van der Waals surface area contributed by atoms with Crippen molar-refractivity contribution in [2.75, 3.05) is 5.73 Å². The van der Waals surface area contributed by atoms with Gasteiger partial charge in [-0.1, -0.05) is 37.3 Å². The molecule has 0 unspecified atom stereocenters. The predicted octanol–water partition coefficient (Wildman–Crippen LogP) is 3.59. The van der Waals surface area contributed by atoms with Crippen molar-refractivity contribution in [1.82, 2.24) is 10.2 Å². The largest absolute Gasteiger partial charge is 0.508 e. The van der Waals surface area contributed by atoms with Gasteiger partial charge >= 0.3 is 0 Å². The van der Waals surface area contributed by atoms with Gasteiger partial charge in [-0.05, 0) is 35.2 Å². The zero-order chi connectivity index (χ0) is 14.8. The average Bonchev–Trinajstić information content (AvgIpc) is 2.94. The van der Waals surface area contributed by atoms with Crippen LogP contribution >= 0.6 is 0 Å². The van der Waals surface area contributed by atoms with Crippen LogP contribution in [-0.4, -0.2) is 15.3 Å². The monoisotopic (exact) mass is 279 g/mol. The molecule has 2 aromatic carbocycles. The highest BCUT2D eigenvalue weighted by Gasteiger charge is 2.05. The highest BCUT2D eigenvalue weighted by molar-refractivity contribution is 5.70. The molecule has 0 aliphatic heterocycles. The predicted molar refractivity (Wildman–Crippen MR) is 84.9 cm³/mol. The third-order valence-electron chi connectivity index (χ3n) is 3.57. The molecule has 21 heavy (non-hydrogen) atoms. The normalized spacial score (nSPS) is 10.7. The molecule has 0 bridgehead atoms. The number of nitrogens with zero attached hydrogens (tertiary/aromatic N) is 1. The van der Waals surface area contributed by atoms with Gasteiger partial charge in [0, 0.05) is 11.6 Å². The Balaban J connectivity index is 1.94. The van der Waals surface area contributed by atoms with Crippen molar-refractivity contribution >= 4 is 5.82 Å². The first-order valence-corrected chi connectivity index (χ1v) is 6.91. The van der Waals surface area contributed by atoms with Crippen LogP contribution < -0.4 is 5.73 Å². The first kappa shape index (κ1) is 13.2. The van der Waals surface area contributed by atoms with E-state index in [4.69, 9.17) is 5.73 Å². The summed E-state index contributed by atoms with van der Waals surface area (Å²) in [6.45, 7) is 2.03. The van der Waals surface area contributed by atoms with Gasteiger partial charge in [-0.25, -0.2) is 0 Å².